The highest BCUT2D eigenvalue weighted by Crippen LogP contribution is 2.25. The monoisotopic (exact) mass is 393 g/mol. The maximum atomic E-state index is 13.3. The highest BCUT2D eigenvalue weighted by Gasteiger charge is 2.26. The van der Waals surface area contributed by atoms with Crippen LogP contribution in [0.5, 0.6) is 0 Å². The maximum absolute atomic E-state index is 13.3. The molecule has 29 heavy (non-hydrogen) atoms. The topological polar surface area (TPSA) is 55.2 Å². The van der Waals surface area contributed by atoms with Crippen molar-refractivity contribution in [2.45, 2.75) is 51.2 Å². The first-order chi connectivity index (χ1) is 14.1. The van der Waals surface area contributed by atoms with Gasteiger partial charge in [-0.15, -0.1) is 0 Å². The van der Waals surface area contributed by atoms with Crippen LogP contribution in [0.4, 0.5) is 4.39 Å². The average molecular weight is 393 g/mol. The predicted octanol–water partition coefficient (Wildman–Crippen LogP) is 3.90. The molecule has 0 atom stereocenters. The highest BCUT2D eigenvalue weighted by atomic mass is 19.1. The van der Waals surface area contributed by atoms with E-state index in [4.69, 9.17) is 0 Å². The summed E-state index contributed by atoms with van der Waals surface area (Å²) in [7, 11) is 0. The van der Waals surface area contributed by atoms with Crippen LogP contribution in [0.3, 0.4) is 0 Å². The van der Waals surface area contributed by atoms with Gasteiger partial charge in [-0.1, -0.05) is 43.5 Å². The van der Waals surface area contributed by atoms with Crippen molar-refractivity contribution in [3.05, 3.63) is 76.3 Å². The molecule has 3 aromatic rings. The molecule has 0 bridgehead atoms. The number of nitrogens with zero attached hydrogens (tertiary/aromatic N) is 3. The van der Waals surface area contributed by atoms with Crippen molar-refractivity contribution >= 4 is 16.8 Å². The molecule has 1 aliphatic carbocycles. The minimum atomic E-state index is -0.284. The molecule has 0 aliphatic heterocycles. The summed E-state index contributed by atoms with van der Waals surface area (Å²) in [5.74, 6) is -0.323. The first-order valence-electron chi connectivity index (χ1n) is 10.1. The fourth-order valence-electron chi connectivity index (χ4n) is 4.11. The predicted molar refractivity (Wildman–Crippen MR) is 110 cm³/mol. The van der Waals surface area contributed by atoms with E-state index >= 15 is 0 Å². The number of carbonyl (C=O) groups is 1. The van der Waals surface area contributed by atoms with Gasteiger partial charge in [0.2, 0.25) is 11.3 Å². The summed E-state index contributed by atoms with van der Waals surface area (Å²) in [6.45, 7) is 0.514. The van der Waals surface area contributed by atoms with Crippen LogP contribution in [0.25, 0.3) is 10.9 Å². The summed E-state index contributed by atoms with van der Waals surface area (Å²) in [6, 6.07) is 13.7. The molecule has 0 N–H and O–H groups in total. The lowest BCUT2D eigenvalue weighted by Crippen LogP contribution is -2.43. The Kier molecular flexibility index (Phi) is 5.69. The van der Waals surface area contributed by atoms with Crippen molar-refractivity contribution in [1.82, 2.24) is 14.7 Å². The fourth-order valence-corrected chi connectivity index (χ4v) is 4.11. The van der Waals surface area contributed by atoms with Crippen LogP contribution < -0.4 is 5.43 Å². The summed E-state index contributed by atoms with van der Waals surface area (Å²) in [5, 5.41) is 4.75. The van der Waals surface area contributed by atoms with Gasteiger partial charge in [-0.3, -0.25) is 14.3 Å². The molecule has 1 fully saturated rings. The Hall–Kier alpha value is -3.02. The van der Waals surface area contributed by atoms with Crippen LogP contribution in [0.15, 0.2) is 59.5 Å². The number of benzene rings is 2. The third-order valence-electron chi connectivity index (χ3n) is 5.65. The average Bonchev–Trinajstić information content (AvgIpc) is 2.76. The molecule has 1 saturated carbocycles. The smallest absolute Gasteiger partial charge is 0.244 e. The van der Waals surface area contributed by atoms with Crippen molar-refractivity contribution in [2.75, 3.05) is 0 Å². The third kappa shape index (κ3) is 4.36. The van der Waals surface area contributed by atoms with Crippen LogP contribution in [0.2, 0.25) is 0 Å². The molecule has 1 heterocycles. The van der Waals surface area contributed by atoms with Crippen molar-refractivity contribution in [1.29, 1.82) is 0 Å². The van der Waals surface area contributed by atoms with Gasteiger partial charge in [0.15, 0.2) is 0 Å². The molecular formula is C23H24FN3O2. The van der Waals surface area contributed by atoms with E-state index in [0.717, 1.165) is 31.2 Å². The van der Waals surface area contributed by atoms with Crippen molar-refractivity contribution in [3.63, 3.8) is 0 Å². The number of hydrogen-bond donors (Lipinski definition) is 0. The Morgan fingerprint density at radius 2 is 1.79 bits per heavy atom. The number of amides is 1. The van der Waals surface area contributed by atoms with Gasteiger partial charge in [-0.25, -0.2) is 4.39 Å². The van der Waals surface area contributed by atoms with Gasteiger partial charge in [0, 0.05) is 18.0 Å². The lowest BCUT2D eigenvalue weighted by atomic mass is 9.93. The van der Waals surface area contributed by atoms with Crippen LogP contribution in [-0.2, 0) is 17.9 Å². The third-order valence-corrected chi connectivity index (χ3v) is 5.65. The molecule has 2 aromatic carbocycles. The lowest BCUT2D eigenvalue weighted by molar-refractivity contribution is -0.135. The Morgan fingerprint density at radius 3 is 2.55 bits per heavy atom. The van der Waals surface area contributed by atoms with Crippen LogP contribution in [-0.4, -0.2) is 26.6 Å². The zero-order valence-electron chi connectivity index (χ0n) is 16.3. The number of rotatable bonds is 5. The standard InChI is InChI=1S/C23H24FN3O2/c24-18-12-10-17(11-13-18)15-26(19-6-2-1-3-7-19)23(29)16-27-21-9-5-4-8-20(21)22(28)14-25-27/h4-5,8-14,19H,1-3,6-7,15-16H2. The van der Waals surface area contributed by atoms with Gasteiger partial charge in [0.25, 0.3) is 0 Å². The molecule has 5 nitrogen and oxygen atoms in total. The maximum Gasteiger partial charge on any atom is 0.244 e. The molecule has 0 saturated heterocycles. The van der Waals surface area contributed by atoms with Crippen molar-refractivity contribution in [3.8, 4) is 0 Å². The van der Waals surface area contributed by atoms with E-state index in [1.54, 1.807) is 28.9 Å². The molecule has 0 spiro atoms. The van der Waals surface area contributed by atoms with E-state index in [2.05, 4.69) is 5.10 Å². The van der Waals surface area contributed by atoms with E-state index in [1.165, 1.54) is 24.8 Å². The Bertz CT molecular complexity index is 1060. The lowest BCUT2D eigenvalue weighted by Gasteiger charge is -2.34. The van der Waals surface area contributed by atoms with Crippen molar-refractivity contribution in [2.24, 2.45) is 0 Å². The first kappa shape index (κ1) is 19.3. The second-order valence-electron chi connectivity index (χ2n) is 7.62. The Labute approximate surface area is 168 Å². The molecule has 4 rings (SSSR count). The second kappa shape index (κ2) is 8.55. The van der Waals surface area contributed by atoms with Crippen LogP contribution >= 0.6 is 0 Å². The zero-order chi connectivity index (χ0) is 20.2. The summed E-state index contributed by atoms with van der Waals surface area (Å²) in [5.41, 5.74) is 1.40. The first-order valence-corrected chi connectivity index (χ1v) is 10.1. The Morgan fingerprint density at radius 1 is 1.07 bits per heavy atom. The van der Waals surface area contributed by atoms with Gasteiger partial charge < -0.3 is 4.90 Å². The molecule has 0 radical (unpaired) electrons. The number of fused-ring (bicyclic) bond motifs is 1. The zero-order valence-corrected chi connectivity index (χ0v) is 16.3. The SMILES string of the molecule is O=C(Cn1ncc(=O)c2ccccc21)N(Cc1ccc(F)cc1)C1CCCCC1. The van der Waals surface area contributed by atoms with Gasteiger partial charge >= 0.3 is 0 Å². The van der Waals surface area contributed by atoms with Crippen molar-refractivity contribution < 1.29 is 9.18 Å². The quantitative estimate of drug-likeness (QED) is 0.661. The number of hydrogen-bond acceptors (Lipinski definition) is 3. The fraction of sp³-hybridized carbons (Fsp3) is 0.348. The second-order valence-corrected chi connectivity index (χ2v) is 7.62. The molecule has 6 heteroatoms. The van der Waals surface area contributed by atoms with E-state index in [1.807, 2.05) is 17.0 Å². The van der Waals surface area contributed by atoms with Gasteiger partial charge in [-0.2, -0.15) is 5.10 Å². The summed E-state index contributed by atoms with van der Waals surface area (Å²) < 4.78 is 14.9. The number of para-hydroxylation sites is 1. The minimum absolute atomic E-state index is 0.0393. The molecule has 1 aromatic heterocycles. The molecule has 1 amide bonds. The van der Waals surface area contributed by atoms with Crippen LogP contribution in [0.1, 0.15) is 37.7 Å². The number of aromatic nitrogens is 2. The van der Waals surface area contributed by atoms with Crippen LogP contribution in [0, 0.1) is 5.82 Å². The Balaban J connectivity index is 1.62. The molecule has 1 aliphatic rings. The van der Waals surface area contributed by atoms with E-state index < -0.39 is 0 Å². The normalized spacial score (nSPS) is 14.8. The summed E-state index contributed by atoms with van der Waals surface area (Å²) in [6.07, 6.45) is 6.63. The molecular weight excluding hydrogens is 369 g/mol. The van der Waals surface area contributed by atoms with Gasteiger partial charge in [-0.05, 0) is 42.7 Å². The van der Waals surface area contributed by atoms with E-state index in [0.29, 0.717) is 17.4 Å². The van der Waals surface area contributed by atoms with E-state index in [9.17, 15) is 14.0 Å². The largest absolute Gasteiger partial charge is 0.334 e. The van der Waals surface area contributed by atoms with Gasteiger partial charge in [0.1, 0.15) is 12.4 Å². The highest BCUT2D eigenvalue weighted by molar-refractivity contribution is 5.81. The van der Waals surface area contributed by atoms with Gasteiger partial charge in [0.05, 0.1) is 11.7 Å². The minimum Gasteiger partial charge on any atom is -0.334 e. The van der Waals surface area contributed by atoms with E-state index in [-0.39, 0.29) is 29.7 Å². The molecule has 150 valence electrons. The molecule has 0 unspecified atom stereocenters. The summed E-state index contributed by atoms with van der Waals surface area (Å²) in [4.78, 5) is 27.3. The number of halogens is 1. The number of carbonyl (C=O) groups excluding carboxylic acids is 1. The summed E-state index contributed by atoms with van der Waals surface area (Å²) >= 11 is 0.